The van der Waals surface area contributed by atoms with Crippen LogP contribution in [-0.2, 0) is 28.6 Å². The van der Waals surface area contributed by atoms with E-state index in [0.29, 0.717) is 12.8 Å². The van der Waals surface area contributed by atoms with Crippen LogP contribution in [0.1, 0.15) is 201 Å². The second kappa shape index (κ2) is 48.7. The minimum atomic E-state index is -0.818. The van der Waals surface area contributed by atoms with E-state index < -0.39 is 6.10 Å². The van der Waals surface area contributed by atoms with Crippen LogP contribution in [0.25, 0.3) is 0 Å². The molecule has 0 amide bonds. The molecule has 61 heavy (non-hydrogen) atoms. The van der Waals surface area contributed by atoms with Crippen molar-refractivity contribution in [1.82, 2.24) is 0 Å². The van der Waals surface area contributed by atoms with Crippen LogP contribution in [0.4, 0.5) is 0 Å². The zero-order valence-corrected chi connectivity index (χ0v) is 39.1. The largest absolute Gasteiger partial charge is 0.462 e. The Balaban J connectivity index is 4.53. The Morgan fingerprint density at radius 1 is 0.361 bits per heavy atom. The average molecular weight is 845 g/mol. The summed E-state index contributed by atoms with van der Waals surface area (Å²) < 4.78 is 16.7. The van der Waals surface area contributed by atoms with Gasteiger partial charge in [0.1, 0.15) is 13.2 Å². The highest BCUT2D eigenvalue weighted by Crippen LogP contribution is 2.12. The molecule has 0 fully saturated rings. The molecule has 1 atom stereocenters. The lowest BCUT2D eigenvalue weighted by Gasteiger charge is -2.18. The molecule has 0 aliphatic rings. The molecule has 0 N–H and O–H groups in total. The number of allylic oxidation sites excluding steroid dienone is 18. The molecule has 0 aliphatic carbocycles. The third-order valence-corrected chi connectivity index (χ3v) is 9.86. The summed E-state index contributed by atoms with van der Waals surface area (Å²) in [5, 5.41) is 0. The Morgan fingerprint density at radius 3 is 1.20 bits per heavy atom. The van der Waals surface area contributed by atoms with Crippen molar-refractivity contribution in [2.45, 2.75) is 207 Å². The van der Waals surface area contributed by atoms with Crippen molar-refractivity contribution < 1.29 is 28.6 Å². The number of ether oxygens (including phenoxy) is 3. The van der Waals surface area contributed by atoms with E-state index >= 15 is 0 Å². The molecule has 344 valence electrons. The third kappa shape index (κ3) is 47.0. The van der Waals surface area contributed by atoms with Gasteiger partial charge in [0.25, 0.3) is 0 Å². The summed E-state index contributed by atoms with van der Waals surface area (Å²) in [6.45, 7) is 6.26. The molecule has 0 radical (unpaired) electrons. The molecule has 0 aromatic heterocycles. The quantitative estimate of drug-likeness (QED) is 0.0200. The van der Waals surface area contributed by atoms with Crippen LogP contribution < -0.4 is 0 Å². The van der Waals surface area contributed by atoms with Gasteiger partial charge in [-0.2, -0.15) is 0 Å². The minimum absolute atomic E-state index is 0.115. The minimum Gasteiger partial charge on any atom is -0.462 e. The van der Waals surface area contributed by atoms with Crippen molar-refractivity contribution >= 4 is 17.9 Å². The van der Waals surface area contributed by atoms with Gasteiger partial charge >= 0.3 is 17.9 Å². The molecule has 0 aromatic carbocycles. The molecule has 6 heteroatoms. The number of hydrogen-bond donors (Lipinski definition) is 0. The Bertz CT molecular complexity index is 1290. The highest BCUT2D eigenvalue weighted by atomic mass is 16.6. The predicted molar refractivity (Wildman–Crippen MR) is 260 cm³/mol. The smallest absolute Gasteiger partial charge is 0.306 e. The van der Waals surface area contributed by atoms with E-state index in [0.717, 1.165) is 109 Å². The maximum Gasteiger partial charge on any atom is 0.306 e. The Kier molecular flexibility index (Phi) is 45.6. The maximum atomic E-state index is 12.7. The first kappa shape index (κ1) is 57.1. The third-order valence-electron chi connectivity index (χ3n) is 9.86. The molecule has 0 heterocycles. The number of hydrogen-bond acceptors (Lipinski definition) is 6. The second-order valence-corrected chi connectivity index (χ2v) is 15.7. The second-order valence-electron chi connectivity index (χ2n) is 15.7. The van der Waals surface area contributed by atoms with Crippen molar-refractivity contribution in [2.24, 2.45) is 0 Å². The molecule has 0 saturated heterocycles. The van der Waals surface area contributed by atoms with Gasteiger partial charge < -0.3 is 14.2 Å². The maximum absolute atomic E-state index is 12.7. The molecule has 0 spiro atoms. The van der Waals surface area contributed by atoms with E-state index in [-0.39, 0.29) is 44.0 Å². The highest BCUT2D eigenvalue weighted by Gasteiger charge is 2.19. The van der Waals surface area contributed by atoms with Gasteiger partial charge in [-0.15, -0.1) is 0 Å². The van der Waals surface area contributed by atoms with Gasteiger partial charge in [-0.05, 0) is 89.9 Å². The first-order chi connectivity index (χ1) is 30.0. The summed E-state index contributed by atoms with van der Waals surface area (Å²) >= 11 is 0. The van der Waals surface area contributed by atoms with Gasteiger partial charge in [0.15, 0.2) is 6.10 Å². The monoisotopic (exact) mass is 845 g/mol. The van der Waals surface area contributed by atoms with Crippen molar-refractivity contribution in [3.05, 3.63) is 109 Å². The number of carbonyl (C=O) groups excluding carboxylic acids is 3. The topological polar surface area (TPSA) is 78.9 Å². The SMILES string of the molecule is CC/C=C/C=C/C=C/CCCCCCCC(=O)OCC(COC(=O)CCC/C=C/C/C=C/C/C=C/CCCCCCCC)OC(=O)CCCCCCC/C=C/C=C/C=C/CC. The fourth-order valence-corrected chi connectivity index (χ4v) is 6.22. The van der Waals surface area contributed by atoms with Crippen LogP contribution in [0.5, 0.6) is 0 Å². The number of esters is 3. The average Bonchev–Trinajstić information content (AvgIpc) is 3.26. The Labute approximate surface area is 374 Å². The predicted octanol–water partition coefficient (Wildman–Crippen LogP) is 16.0. The molecular weight excluding hydrogens is 757 g/mol. The van der Waals surface area contributed by atoms with Gasteiger partial charge in [0.05, 0.1) is 0 Å². The summed E-state index contributed by atoms with van der Waals surface area (Å²) in [5.74, 6) is -1.02. The molecular formula is C55H88O6. The molecule has 0 saturated carbocycles. The highest BCUT2D eigenvalue weighted by molar-refractivity contribution is 5.71. The lowest BCUT2D eigenvalue weighted by molar-refractivity contribution is -0.167. The first-order valence-corrected chi connectivity index (χ1v) is 24.5. The zero-order valence-electron chi connectivity index (χ0n) is 39.1. The van der Waals surface area contributed by atoms with Crippen LogP contribution in [0.15, 0.2) is 109 Å². The van der Waals surface area contributed by atoms with Crippen LogP contribution in [-0.4, -0.2) is 37.2 Å². The summed E-state index contributed by atoms with van der Waals surface area (Å²) in [6, 6.07) is 0. The molecule has 0 rings (SSSR count). The normalized spacial score (nSPS) is 13.0. The molecule has 1 unspecified atom stereocenters. The zero-order chi connectivity index (χ0) is 44.4. The van der Waals surface area contributed by atoms with Gasteiger partial charge in [-0.3, -0.25) is 14.4 Å². The van der Waals surface area contributed by atoms with E-state index in [1.807, 2.05) is 12.2 Å². The number of rotatable bonds is 42. The summed E-state index contributed by atoms with van der Waals surface area (Å²) in [5.41, 5.74) is 0. The Morgan fingerprint density at radius 2 is 0.721 bits per heavy atom. The van der Waals surface area contributed by atoms with Crippen molar-refractivity contribution in [1.29, 1.82) is 0 Å². The summed E-state index contributed by atoms with van der Waals surface area (Å²) in [6.07, 6.45) is 65.1. The molecule has 6 nitrogen and oxygen atoms in total. The summed E-state index contributed by atoms with van der Waals surface area (Å²) in [7, 11) is 0. The van der Waals surface area contributed by atoms with E-state index in [4.69, 9.17) is 14.2 Å². The van der Waals surface area contributed by atoms with Crippen molar-refractivity contribution in [3.8, 4) is 0 Å². The fourth-order valence-electron chi connectivity index (χ4n) is 6.22. The lowest BCUT2D eigenvalue weighted by Crippen LogP contribution is -2.30. The number of unbranched alkanes of at least 4 members (excludes halogenated alkanes) is 17. The van der Waals surface area contributed by atoms with Gasteiger partial charge in [-0.25, -0.2) is 0 Å². The van der Waals surface area contributed by atoms with Gasteiger partial charge in [-0.1, -0.05) is 201 Å². The molecule has 0 aromatic rings. The van der Waals surface area contributed by atoms with E-state index in [2.05, 4.69) is 118 Å². The Hall–Kier alpha value is -3.93. The van der Waals surface area contributed by atoms with Crippen LogP contribution in [0.2, 0.25) is 0 Å². The van der Waals surface area contributed by atoms with E-state index in [1.54, 1.807) is 0 Å². The van der Waals surface area contributed by atoms with Crippen molar-refractivity contribution in [2.75, 3.05) is 13.2 Å². The lowest BCUT2D eigenvalue weighted by atomic mass is 10.1. The summed E-state index contributed by atoms with van der Waals surface area (Å²) in [4.78, 5) is 37.9. The van der Waals surface area contributed by atoms with Gasteiger partial charge in [0, 0.05) is 19.3 Å². The first-order valence-electron chi connectivity index (χ1n) is 24.5. The number of carbonyl (C=O) groups is 3. The van der Waals surface area contributed by atoms with E-state index in [9.17, 15) is 14.4 Å². The van der Waals surface area contributed by atoms with Crippen LogP contribution in [0.3, 0.4) is 0 Å². The molecule has 0 aliphatic heterocycles. The van der Waals surface area contributed by atoms with E-state index in [1.165, 1.54) is 44.9 Å². The van der Waals surface area contributed by atoms with Crippen molar-refractivity contribution in [3.63, 3.8) is 0 Å². The standard InChI is InChI=1S/C55H88O6/c1-4-7-10-13-16-19-22-25-26-27-28-31-33-36-39-42-45-48-54(57)60-51-52(61-55(58)49-46-43-40-37-34-30-24-21-18-15-12-9-6-3)50-59-53(56)47-44-41-38-35-32-29-23-20-17-14-11-8-5-2/h8-9,11-12,14-15,17-18,20-21,23-26,28,31,36,39,52H,4-7,10,13,16,19,22,27,29-30,32-35,37-38,40-51H2,1-3H3/b11-8+,12-9+,17-14+,18-15+,23-20+,24-21+,26-25+,31-28+,39-36+. The van der Waals surface area contributed by atoms with Crippen LogP contribution >= 0.6 is 0 Å². The fraction of sp³-hybridized carbons (Fsp3) is 0.618. The molecule has 0 bridgehead atoms. The van der Waals surface area contributed by atoms with Crippen LogP contribution in [0, 0.1) is 0 Å². The van der Waals surface area contributed by atoms with Gasteiger partial charge in [0.2, 0.25) is 0 Å².